The van der Waals surface area contributed by atoms with Crippen molar-refractivity contribution in [2.45, 2.75) is 25.3 Å². The summed E-state index contributed by atoms with van der Waals surface area (Å²) in [6.45, 7) is 0.854. The number of anilines is 2. The molecule has 0 aliphatic heterocycles. The maximum Gasteiger partial charge on any atom is 0.131 e. The lowest BCUT2D eigenvalue weighted by molar-refractivity contribution is 0.283. The quantitative estimate of drug-likeness (QED) is 0.790. The van der Waals surface area contributed by atoms with Crippen molar-refractivity contribution >= 4 is 11.6 Å². The molecular formula is C12H19N3O. The molecule has 0 radical (unpaired) electrons. The van der Waals surface area contributed by atoms with Crippen molar-refractivity contribution in [3.8, 4) is 0 Å². The zero-order chi connectivity index (χ0) is 11.4. The maximum absolute atomic E-state index is 9.11. The third-order valence-corrected chi connectivity index (χ3v) is 3.14. The standard InChI is InChI=1S/C12H19N3O/c1-13-11-6-3-7-12(14-11)15(8-9-16)10-4-2-5-10/h3,6-7,10,16H,2,4-5,8-9H2,1H3,(H,13,14). The molecule has 2 N–H and O–H groups in total. The highest BCUT2D eigenvalue weighted by Gasteiger charge is 2.25. The number of hydrogen-bond acceptors (Lipinski definition) is 4. The van der Waals surface area contributed by atoms with Crippen LogP contribution in [0.25, 0.3) is 0 Å². The highest BCUT2D eigenvalue weighted by Crippen LogP contribution is 2.28. The van der Waals surface area contributed by atoms with Crippen LogP contribution in [0.1, 0.15) is 19.3 Å². The second-order valence-electron chi connectivity index (χ2n) is 4.13. The monoisotopic (exact) mass is 221 g/mol. The second-order valence-corrected chi connectivity index (χ2v) is 4.13. The van der Waals surface area contributed by atoms with E-state index in [1.807, 2.05) is 25.2 Å². The summed E-state index contributed by atoms with van der Waals surface area (Å²) in [5.41, 5.74) is 0. The van der Waals surface area contributed by atoms with Crippen molar-refractivity contribution < 1.29 is 5.11 Å². The predicted molar refractivity (Wildman–Crippen MR) is 65.9 cm³/mol. The van der Waals surface area contributed by atoms with Gasteiger partial charge >= 0.3 is 0 Å². The van der Waals surface area contributed by atoms with Crippen molar-refractivity contribution in [3.05, 3.63) is 18.2 Å². The lowest BCUT2D eigenvalue weighted by atomic mass is 9.91. The Morgan fingerprint density at radius 1 is 1.50 bits per heavy atom. The van der Waals surface area contributed by atoms with Gasteiger partial charge in [-0.05, 0) is 31.4 Å². The van der Waals surface area contributed by atoms with Gasteiger partial charge in [0.1, 0.15) is 11.6 Å². The van der Waals surface area contributed by atoms with Crippen molar-refractivity contribution in [3.63, 3.8) is 0 Å². The molecule has 0 amide bonds. The number of aliphatic hydroxyl groups is 1. The van der Waals surface area contributed by atoms with Crippen LogP contribution in [0.2, 0.25) is 0 Å². The molecule has 0 atom stereocenters. The van der Waals surface area contributed by atoms with Gasteiger partial charge in [-0.15, -0.1) is 0 Å². The summed E-state index contributed by atoms with van der Waals surface area (Å²) in [4.78, 5) is 6.73. The van der Waals surface area contributed by atoms with E-state index in [0.717, 1.165) is 11.6 Å². The van der Waals surface area contributed by atoms with Gasteiger partial charge in [0.25, 0.3) is 0 Å². The van der Waals surface area contributed by atoms with Crippen molar-refractivity contribution in [2.75, 3.05) is 30.4 Å². The fourth-order valence-electron chi connectivity index (χ4n) is 2.01. The summed E-state index contributed by atoms with van der Waals surface area (Å²) in [5.74, 6) is 1.84. The number of aliphatic hydroxyl groups excluding tert-OH is 1. The molecule has 1 aliphatic rings. The number of pyridine rings is 1. The van der Waals surface area contributed by atoms with Crippen molar-refractivity contribution in [1.82, 2.24) is 4.98 Å². The summed E-state index contributed by atoms with van der Waals surface area (Å²) >= 11 is 0. The topological polar surface area (TPSA) is 48.4 Å². The van der Waals surface area contributed by atoms with Crippen LogP contribution in [0.3, 0.4) is 0 Å². The summed E-state index contributed by atoms with van der Waals surface area (Å²) in [7, 11) is 1.87. The Morgan fingerprint density at radius 3 is 2.88 bits per heavy atom. The minimum absolute atomic E-state index is 0.183. The van der Waals surface area contributed by atoms with Crippen LogP contribution in [-0.2, 0) is 0 Å². The first kappa shape index (κ1) is 11.2. The van der Waals surface area contributed by atoms with Gasteiger partial charge in [-0.1, -0.05) is 6.07 Å². The van der Waals surface area contributed by atoms with Crippen LogP contribution < -0.4 is 10.2 Å². The van der Waals surface area contributed by atoms with Crippen LogP contribution in [0.4, 0.5) is 11.6 Å². The first-order chi connectivity index (χ1) is 7.85. The Morgan fingerprint density at radius 2 is 2.31 bits per heavy atom. The Kier molecular flexibility index (Phi) is 3.62. The number of nitrogens with zero attached hydrogens (tertiary/aromatic N) is 2. The van der Waals surface area contributed by atoms with E-state index in [4.69, 9.17) is 5.11 Å². The van der Waals surface area contributed by atoms with E-state index in [1.54, 1.807) is 0 Å². The van der Waals surface area contributed by atoms with E-state index in [9.17, 15) is 0 Å². The van der Waals surface area contributed by atoms with E-state index in [1.165, 1.54) is 19.3 Å². The Balaban J connectivity index is 2.16. The van der Waals surface area contributed by atoms with Gasteiger partial charge in [-0.25, -0.2) is 4.98 Å². The van der Waals surface area contributed by atoms with Gasteiger partial charge in [0, 0.05) is 19.6 Å². The smallest absolute Gasteiger partial charge is 0.131 e. The summed E-state index contributed by atoms with van der Waals surface area (Å²) in [5, 5.41) is 12.1. The maximum atomic E-state index is 9.11. The Hall–Kier alpha value is -1.29. The van der Waals surface area contributed by atoms with Crippen LogP contribution in [0.5, 0.6) is 0 Å². The molecule has 1 saturated carbocycles. The zero-order valence-electron chi connectivity index (χ0n) is 9.69. The molecule has 0 spiro atoms. The van der Waals surface area contributed by atoms with Crippen LogP contribution in [-0.4, -0.2) is 36.3 Å². The number of nitrogens with one attached hydrogen (secondary N) is 1. The summed E-state index contributed by atoms with van der Waals surface area (Å²) < 4.78 is 0. The van der Waals surface area contributed by atoms with Gasteiger partial charge in [0.05, 0.1) is 6.61 Å². The Labute approximate surface area is 96.3 Å². The van der Waals surface area contributed by atoms with Gasteiger partial charge in [0.2, 0.25) is 0 Å². The third-order valence-electron chi connectivity index (χ3n) is 3.14. The third kappa shape index (κ3) is 2.27. The lowest BCUT2D eigenvalue weighted by Crippen LogP contribution is -2.42. The molecule has 1 heterocycles. The molecule has 1 aromatic heterocycles. The normalized spacial score (nSPS) is 15.6. The molecule has 0 bridgehead atoms. The van der Waals surface area contributed by atoms with Crippen molar-refractivity contribution in [2.24, 2.45) is 0 Å². The molecule has 2 rings (SSSR count). The fourth-order valence-corrected chi connectivity index (χ4v) is 2.01. The first-order valence-electron chi connectivity index (χ1n) is 5.87. The molecule has 1 aromatic rings. The first-order valence-corrected chi connectivity index (χ1v) is 5.87. The minimum atomic E-state index is 0.183. The minimum Gasteiger partial charge on any atom is -0.395 e. The molecule has 0 aromatic carbocycles. The van der Waals surface area contributed by atoms with Gasteiger partial charge in [0.15, 0.2) is 0 Å². The highest BCUT2D eigenvalue weighted by atomic mass is 16.3. The molecule has 16 heavy (non-hydrogen) atoms. The van der Waals surface area contributed by atoms with Crippen LogP contribution >= 0.6 is 0 Å². The Bertz CT molecular complexity index is 339. The summed E-state index contributed by atoms with van der Waals surface area (Å²) in [6, 6.07) is 6.51. The zero-order valence-corrected chi connectivity index (χ0v) is 9.69. The fraction of sp³-hybridized carbons (Fsp3) is 0.583. The van der Waals surface area contributed by atoms with Gasteiger partial charge in [-0.2, -0.15) is 0 Å². The van der Waals surface area contributed by atoms with E-state index in [-0.39, 0.29) is 6.61 Å². The number of aromatic nitrogens is 1. The molecule has 4 nitrogen and oxygen atoms in total. The molecule has 88 valence electrons. The highest BCUT2D eigenvalue weighted by molar-refractivity contribution is 5.47. The molecule has 0 unspecified atom stereocenters. The average molecular weight is 221 g/mol. The molecule has 1 aliphatic carbocycles. The predicted octanol–water partition coefficient (Wildman–Crippen LogP) is 1.47. The van der Waals surface area contributed by atoms with Gasteiger partial charge in [-0.3, -0.25) is 0 Å². The molecule has 0 saturated heterocycles. The second kappa shape index (κ2) is 5.16. The molecule has 4 heteroatoms. The largest absolute Gasteiger partial charge is 0.395 e. The number of hydrogen-bond donors (Lipinski definition) is 2. The van der Waals surface area contributed by atoms with E-state index in [2.05, 4.69) is 15.2 Å². The molecular weight excluding hydrogens is 202 g/mol. The van der Waals surface area contributed by atoms with Crippen molar-refractivity contribution in [1.29, 1.82) is 0 Å². The lowest BCUT2D eigenvalue weighted by Gasteiger charge is -2.38. The van der Waals surface area contributed by atoms with E-state index < -0.39 is 0 Å². The average Bonchev–Trinajstić information content (AvgIpc) is 2.26. The van der Waals surface area contributed by atoms with Crippen LogP contribution in [0.15, 0.2) is 18.2 Å². The van der Waals surface area contributed by atoms with E-state index in [0.29, 0.717) is 12.6 Å². The summed E-state index contributed by atoms with van der Waals surface area (Å²) in [6.07, 6.45) is 3.72. The van der Waals surface area contributed by atoms with Gasteiger partial charge < -0.3 is 15.3 Å². The van der Waals surface area contributed by atoms with E-state index >= 15 is 0 Å². The van der Waals surface area contributed by atoms with Crippen LogP contribution in [0, 0.1) is 0 Å². The SMILES string of the molecule is CNc1cccc(N(CCO)C2CCC2)n1. The number of rotatable bonds is 5. The molecule has 1 fully saturated rings.